The van der Waals surface area contributed by atoms with E-state index in [0.29, 0.717) is 43.0 Å². The summed E-state index contributed by atoms with van der Waals surface area (Å²) >= 11 is 6.03. The first-order valence-electron chi connectivity index (χ1n) is 11.0. The highest BCUT2D eigenvalue weighted by molar-refractivity contribution is 6.30. The lowest BCUT2D eigenvalue weighted by Crippen LogP contribution is -2.66. The van der Waals surface area contributed by atoms with Gasteiger partial charge in [-0.3, -0.25) is 14.4 Å². The molecule has 1 aromatic carbocycles. The third kappa shape index (κ3) is 4.29. The minimum Gasteiger partial charge on any atom is -0.491 e. The van der Waals surface area contributed by atoms with Gasteiger partial charge in [-0.1, -0.05) is 24.2 Å². The summed E-state index contributed by atoms with van der Waals surface area (Å²) in [6, 6.07) is 4.74. The van der Waals surface area contributed by atoms with Crippen LogP contribution in [0, 0.1) is 0 Å². The maximum absolute atomic E-state index is 13.6. The van der Waals surface area contributed by atoms with Crippen molar-refractivity contribution in [1.29, 1.82) is 0 Å². The fourth-order valence-electron chi connectivity index (χ4n) is 4.74. The first-order chi connectivity index (χ1) is 15.8. The molecule has 2 saturated heterocycles. The third-order valence-electron chi connectivity index (χ3n) is 6.59. The Labute approximate surface area is 196 Å². The number of halogens is 1. The number of benzene rings is 1. The van der Waals surface area contributed by atoms with E-state index in [9.17, 15) is 24.3 Å². The van der Waals surface area contributed by atoms with Gasteiger partial charge in [0.25, 0.3) is 0 Å². The second kappa shape index (κ2) is 9.05. The van der Waals surface area contributed by atoms with E-state index in [1.165, 1.54) is 20.8 Å². The number of likely N-dealkylation sites (tertiary alicyclic amines) is 1. The zero-order valence-electron chi connectivity index (χ0n) is 18.1. The maximum atomic E-state index is 13.6. The Bertz CT molecular complexity index is 994. The molecule has 10 heteroatoms. The van der Waals surface area contributed by atoms with Gasteiger partial charge in [0.1, 0.15) is 30.0 Å². The van der Waals surface area contributed by atoms with Crippen molar-refractivity contribution in [3.8, 4) is 5.75 Å². The number of carboxylic acids is 1. The zero-order valence-corrected chi connectivity index (χ0v) is 18.9. The lowest BCUT2D eigenvalue weighted by molar-refractivity contribution is -0.161. The van der Waals surface area contributed by atoms with Crippen LogP contribution < -0.4 is 4.74 Å². The molecule has 0 radical (unpaired) electrons. The molecule has 2 heterocycles. The summed E-state index contributed by atoms with van der Waals surface area (Å²) in [4.78, 5) is 55.4. The molecule has 3 aliphatic rings. The van der Waals surface area contributed by atoms with E-state index in [2.05, 4.69) is 6.58 Å². The number of carbonyl (C=O) groups excluding carboxylic acids is 3. The molecule has 3 amide bonds. The van der Waals surface area contributed by atoms with Gasteiger partial charge in [-0.2, -0.15) is 0 Å². The van der Waals surface area contributed by atoms with Crippen molar-refractivity contribution in [2.75, 3.05) is 26.2 Å². The van der Waals surface area contributed by atoms with Crippen LogP contribution in [0.2, 0.25) is 5.02 Å². The number of rotatable bonds is 7. The number of carbonyl (C=O) groups is 4. The van der Waals surface area contributed by atoms with Crippen LogP contribution in [0.3, 0.4) is 0 Å². The molecule has 2 aliphatic heterocycles. The number of aliphatic carboxylic acids is 1. The molecule has 0 unspecified atom stereocenters. The van der Waals surface area contributed by atoms with Crippen LogP contribution in [-0.4, -0.2) is 87.4 Å². The highest BCUT2D eigenvalue weighted by atomic mass is 35.5. The van der Waals surface area contributed by atoms with Crippen molar-refractivity contribution in [2.45, 2.75) is 43.3 Å². The number of nitrogens with zero attached hydrogens (tertiary/aromatic N) is 3. The van der Waals surface area contributed by atoms with Gasteiger partial charge in [-0.15, -0.1) is 0 Å². The summed E-state index contributed by atoms with van der Waals surface area (Å²) in [5.74, 6) is -1.73. The van der Waals surface area contributed by atoms with Crippen molar-refractivity contribution in [3.63, 3.8) is 0 Å². The third-order valence-corrected chi connectivity index (χ3v) is 6.83. The van der Waals surface area contributed by atoms with Gasteiger partial charge in [-0.05, 0) is 50.0 Å². The van der Waals surface area contributed by atoms with Crippen LogP contribution in [0.5, 0.6) is 5.75 Å². The molecule has 3 fully saturated rings. The average molecular weight is 476 g/mol. The van der Waals surface area contributed by atoms with E-state index in [4.69, 9.17) is 16.3 Å². The van der Waals surface area contributed by atoms with Gasteiger partial charge in [0.05, 0.1) is 0 Å². The summed E-state index contributed by atoms with van der Waals surface area (Å²) in [7, 11) is 0. The first-order valence-corrected chi connectivity index (χ1v) is 11.3. The molecule has 1 N–H and O–H groups in total. The monoisotopic (exact) mass is 475 g/mol. The molecule has 2 atom stereocenters. The predicted octanol–water partition coefficient (Wildman–Crippen LogP) is 1.55. The van der Waals surface area contributed by atoms with Crippen LogP contribution in [0.1, 0.15) is 25.7 Å². The molecule has 4 rings (SSSR count). The average Bonchev–Trinajstić information content (AvgIpc) is 3.41. The minimum atomic E-state index is -1.07. The molecular weight excluding hydrogens is 450 g/mol. The SMILES string of the molecule is C=CC(=O)N1CCN([C@@H](COc2cccc(Cl)c2)C(=O)N2CCC[C@H]2C(=O)O)C(=O)C12CC2. The van der Waals surface area contributed by atoms with E-state index < -0.39 is 29.5 Å². The summed E-state index contributed by atoms with van der Waals surface area (Å²) < 4.78 is 5.84. The van der Waals surface area contributed by atoms with Gasteiger partial charge in [0.15, 0.2) is 0 Å². The smallest absolute Gasteiger partial charge is 0.326 e. The summed E-state index contributed by atoms with van der Waals surface area (Å²) in [5.41, 5.74) is -0.963. The number of carboxylic acid groups (broad SMARTS) is 1. The molecule has 1 spiro atoms. The number of ether oxygens (including phenoxy) is 1. The van der Waals surface area contributed by atoms with E-state index >= 15 is 0 Å². The molecular formula is C23H26ClN3O6. The van der Waals surface area contributed by atoms with E-state index in [1.807, 2.05) is 0 Å². The molecule has 176 valence electrons. The van der Waals surface area contributed by atoms with Crippen LogP contribution in [0.4, 0.5) is 0 Å². The van der Waals surface area contributed by atoms with E-state index in [-0.39, 0.29) is 31.5 Å². The van der Waals surface area contributed by atoms with Gasteiger partial charge in [0.2, 0.25) is 17.7 Å². The van der Waals surface area contributed by atoms with E-state index in [0.717, 1.165) is 0 Å². The van der Waals surface area contributed by atoms with Gasteiger partial charge in [0, 0.05) is 24.7 Å². The topological polar surface area (TPSA) is 107 Å². The highest BCUT2D eigenvalue weighted by Crippen LogP contribution is 2.46. The Morgan fingerprint density at radius 2 is 2.03 bits per heavy atom. The second-order valence-electron chi connectivity index (χ2n) is 8.54. The lowest BCUT2D eigenvalue weighted by Gasteiger charge is -2.44. The quantitative estimate of drug-likeness (QED) is 0.599. The zero-order chi connectivity index (χ0) is 23.8. The van der Waals surface area contributed by atoms with Crippen molar-refractivity contribution >= 4 is 35.3 Å². The van der Waals surface area contributed by atoms with Crippen LogP contribution in [0.25, 0.3) is 0 Å². The van der Waals surface area contributed by atoms with Gasteiger partial charge in [-0.25, -0.2) is 4.79 Å². The summed E-state index contributed by atoms with van der Waals surface area (Å²) in [6.07, 6.45) is 3.15. The van der Waals surface area contributed by atoms with Crippen molar-refractivity contribution in [2.24, 2.45) is 0 Å². The molecule has 1 saturated carbocycles. The van der Waals surface area contributed by atoms with E-state index in [1.54, 1.807) is 24.3 Å². The molecule has 33 heavy (non-hydrogen) atoms. The van der Waals surface area contributed by atoms with Gasteiger partial charge < -0.3 is 24.5 Å². The number of piperazine rings is 1. The Morgan fingerprint density at radius 1 is 1.27 bits per heavy atom. The minimum absolute atomic E-state index is 0.140. The largest absolute Gasteiger partial charge is 0.491 e. The molecule has 1 aromatic rings. The Balaban J connectivity index is 1.60. The van der Waals surface area contributed by atoms with Gasteiger partial charge >= 0.3 is 5.97 Å². The Hall–Kier alpha value is -3.07. The number of hydrogen-bond acceptors (Lipinski definition) is 5. The molecule has 9 nitrogen and oxygen atoms in total. The van der Waals surface area contributed by atoms with Crippen molar-refractivity contribution in [1.82, 2.24) is 14.7 Å². The van der Waals surface area contributed by atoms with Crippen LogP contribution in [0.15, 0.2) is 36.9 Å². The lowest BCUT2D eigenvalue weighted by atomic mass is 10.0. The Morgan fingerprint density at radius 3 is 2.67 bits per heavy atom. The Kier molecular flexibility index (Phi) is 6.34. The fourth-order valence-corrected chi connectivity index (χ4v) is 4.92. The normalized spacial score (nSPS) is 22.3. The maximum Gasteiger partial charge on any atom is 0.326 e. The van der Waals surface area contributed by atoms with Crippen molar-refractivity contribution < 1.29 is 29.0 Å². The summed E-state index contributed by atoms with van der Waals surface area (Å²) in [5, 5.41) is 10.0. The molecule has 1 aliphatic carbocycles. The molecule has 0 aromatic heterocycles. The van der Waals surface area contributed by atoms with Crippen molar-refractivity contribution in [3.05, 3.63) is 41.9 Å². The van der Waals surface area contributed by atoms with Crippen LogP contribution in [-0.2, 0) is 19.2 Å². The predicted molar refractivity (Wildman–Crippen MR) is 119 cm³/mol. The highest BCUT2D eigenvalue weighted by Gasteiger charge is 2.61. The fraction of sp³-hybridized carbons (Fsp3) is 0.478. The first kappa shape index (κ1) is 23.1. The van der Waals surface area contributed by atoms with Crippen LogP contribution >= 0.6 is 11.6 Å². The molecule has 0 bridgehead atoms. The number of amides is 3. The summed E-state index contributed by atoms with van der Waals surface area (Å²) in [6.45, 7) is 4.07. The standard InChI is InChI=1S/C23H26ClN3O6/c1-2-19(28)27-12-11-26(22(32)23(27)8-9-23)18(14-33-16-6-3-5-15(24)13-16)20(29)25-10-4-7-17(25)21(30)31/h2-3,5-6,13,17-18H,1,4,7-12,14H2,(H,30,31)/t17-,18-/m0/s1. The number of hydrogen-bond donors (Lipinski definition) is 1. The second-order valence-corrected chi connectivity index (χ2v) is 8.97.